The highest BCUT2D eigenvalue weighted by atomic mass is 127. The van der Waals surface area contributed by atoms with Gasteiger partial charge < -0.3 is 5.11 Å². The first-order chi connectivity index (χ1) is 6.02. The van der Waals surface area contributed by atoms with Gasteiger partial charge in [0, 0.05) is 3.57 Å². The largest absolute Gasteiger partial charge is 0.481 e. The number of halogens is 2. The molecular weight excluding hydrogens is 286 g/mol. The molecule has 0 saturated heterocycles. The number of carboxylic acid groups (broad SMARTS) is 1. The first-order valence-electron chi connectivity index (χ1n) is 3.70. The molecule has 0 aliphatic carbocycles. The van der Waals surface area contributed by atoms with E-state index >= 15 is 0 Å². The maximum Gasteiger partial charge on any atom is 0.310 e. The van der Waals surface area contributed by atoms with E-state index in [2.05, 4.69) is 0 Å². The Morgan fingerprint density at radius 3 is 2.77 bits per heavy atom. The van der Waals surface area contributed by atoms with Gasteiger partial charge in [-0.25, -0.2) is 4.39 Å². The van der Waals surface area contributed by atoms with E-state index < -0.39 is 17.7 Å². The Morgan fingerprint density at radius 2 is 2.23 bits per heavy atom. The Kier molecular flexibility index (Phi) is 3.24. The average Bonchev–Trinajstić information content (AvgIpc) is 2.08. The first-order valence-corrected chi connectivity index (χ1v) is 4.78. The van der Waals surface area contributed by atoms with Crippen molar-refractivity contribution in [2.45, 2.75) is 12.8 Å². The van der Waals surface area contributed by atoms with Gasteiger partial charge in [-0.15, -0.1) is 0 Å². The fourth-order valence-electron chi connectivity index (χ4n) is 0.979. The number of aliphatic carboxylic acids is 1. The van der Waals surface area contributed by atoms with Gasteiger partial charge in [-0.1, -0.05) is 0 Å². The molecule has 0 amide bonds. The maximum absolute atomic E-state index is 12.8. The van der Waals surface area contributed by atoms with E-state index in [-0.39, 0.29) is 0 Å². The topological polar surface area (TPSA) is 37.3 Å². The monoisotopic (exact) mass is 294 g/mol. The van der Waals surface area contributed by atoms with E-state index in [0.717, 1.165) is 3.57 Å². The summed E-state index contributed by atoms with van der Waals surface area (Å²) in [7, 11) is 0. The lowest BCUT2D eigenvalue weighted by Crippen LogP contribution is -2.09. The molecule has 0 saturated carbocycles. The second kappa shape index (κ2) is 4.04. The van der Waals surface area contributed by atoms with Gasteiger partial charge >= 0.3 is 5.97 Å². The summed E-state index contributed by atoms with van der Waals surface area (Å²) in [5.41, 5.74) is 0.521. The second-order valence-electron chi connectivity index (χ2n) is 2.73. The lowest BCUT2D eigenvalue weighted by molar-refractivity contribution is -0.138. The van der Waals surface area contributed by atoms with Gasteiger partial charge in [0.05, 0.1) is 5.92 Å². The molecular formula is C9H8FIO2. The molecule has 1 aromatic rings. The molecule has 0 bridgehead atoms. The molecule has 0 aliphatic rings. The number of carbonyl (C=O) groups is 1. The molecule has 0 aromatic heterocycles. The number of benzene rings is 1. The van der Waals surface area contributed by atoms with Gasteiger partial charge in [0.1, 0.15) is 5.82 Å². The Hall–Kier alpha value is -0.650. The smallest absolute Gasteiger partial charge is 0.310 e. The molecule has 1 atom stereocenters. The van der Waals surface area contributed by atoms with Crippen molar-refractivity contribution >= 4 is 28.6 Å². The summed E-state index contributed by atoms with van der Waals surface area (Å²) in [4.78, 5) is 10.6. The zero-order valence-corrected chi connectivity index (χ0v) is 9.08. The van der Waals surface area contributed by atoms with Gasteiger partial charge in [0.2, 0.25) is 0 Å². The summed E-state index contributed by atoms with van der Waals surface area (Å²) in [5, 5.41) is 8.72. The normalized spacial score (nSPS) is 12.5. The van der Waals surface area contributed by atoms with Crippen LogP contribution in [0.2, 0.25) is 0 Å². The van der Waals surface area contributed by atoms with Gasteiger partial charge in [-0.3, -0.25) is 4.79 Å². The third kappa shape index (κ3) is 2.40. The van der Waals surface area contributed by atoms with Crippen molar-refractivity contribution in [3.8, 4) is 0 Å². The van der Waals surface area contributed by atoms with Crippen molar-refractivity contribution in [3.63, 3.8) is 0 Å². The van der Waals surface area contributed by atoms with Crippen LogP contribution in [0.25, 0.3) is 0 Å². The Labute approximate surface area is 88.9 Å². The SMILES string of the molecule is CC(C(=O)O)c1cc(F)ccc1I. The van der Waals surface area contributed by atoms with Crippen LogP contribution in [0, 0.1) is 9.39 Å². The van der Waals surface area contributed by atoms with E-state index in [1.807, 2.05) is 22.6 Å². The van der Waals surface area contributed by atoms with Gasteiger partial charge in [0.25, 0.3) is 0 Å². The molecule has 2 nitrogen and oxygen atoms in total. The fourth-order valence-corrected chi connectivity index (χ4v) is 1.78. The van der Waals surface area contributed by atoms with Crippen LogP contribution in [0.3, 0.4) is 0 Å². The van der Waals surface area contributed by atoms with Crippen LogP contribution >= 0.6 is 22.6 Å². The predicted octanol–water partition coefficient (Wildman–Crippen LogP) is 2.62. The molecule has 0 radical (unpaired) electrons. The van der Waals surface area contributed by atoms with Gasteiger partial charge in [0.15, 0.2) is 0 Å². The molecule has 0 heterocycles. The van der Waals surface area contributed by atoms with E-state index in [1.54, 1.807) is 13.0 Å². The Bertz CT molecular complexity index is 338. The van der Waals surface area contributed by atoms with E-state index in [9.17, 15) is 9.18 Å². The zero-order chi connectivity index (χ0) is 10.0. The highest BCUT2D eigenvalue weighted by molar-refractivity contribution is 14.1. The Morgan fingerprint density at radius 1 is 1.62 bits per heavy atom. The third-order valence-electron chi connectivity index (χ3n) is 1.79. The van der Waals surface area contributed by atoms with Crippen LogP contribution in [0.1, 0.15) is 18.4 Å². The average molecular weight is 294 g/mol. The van der Waals surface area contributed by atoms with Crippen molar-refractivity contribution < 1.29 is 14.3 Å². The molecule has 70 valence electrons. The molecule has 1 rings (SSSR count). The number of rotatable bonds is 2. The molecule has 0 spiro atoms. The number of hydrogen-bond donors (Lipinski definition) is 1. The summed E-state index contributed by atoms with van der Waals surface area (Å²) in [5.74, 6) is -2.00. The van der Waals surface area contributed by atoms with Crippen molar-refractivity contribution in [1.82, 2.24) is 0 Å². The molecule has 0 aliphatic heterocycles. The summed E-state index contributed by atoms with van der Waals surface area (Å²) in [6, 6.07) is 4.16. The minimum absolute atomic E-state index is 0.400. The molecule has 1 unspecified atom stereocenters. The van der Waals surface area contributed by atoms with Crippen LogP contribution in [0.4, 0.5) is 4.39 Å². The highest BCUT2D eigenvalue weighted by Crippen LogP contribution is 2.22. The van der Waals surface area contributed by atoms with E-state index in [1.165, 1.54) is 12.1 Å². The maximum atomic E-state index is 12.8. The van der Waals surface area contributed by atoms with Crippen LogP contribution < -0.4 is 0 Å². The van der Waals surface area contributed by atoms with Crippen molar-refractivity contribution in [3.05, 3.63) is 33.1 Å². The molecule has 1 aromatic carbocycles. The molecule has 13 heavy (non-hydrogen) atoms. The standard InChI is InChI=1S/C9H8FIO2/c1-5(9(12)13)7-4-6(10)2-3-8(7)11/h2-5H,1H3,(H,12,13). The Balaban J connectivity index is 3.12. The summed E-state index contributed by atoms with van der Waals surface area (Å²) >= 11 is 2.00. The molecule has 4 heteroatoms. The first kappa shape index (κ1) is 10.4. The number of hydrogen-bond acceptors (Lipinski definition) is 1. The van der Waals surface area contributed by atoms with Crippen LogP contribution in [0.15, 0.2) is 18.2 Å². The lowest BCUT2D eigenvalue weighted by Gasteiger charge is -2.08. The number of carboxylic acids is 1. The van der Waals surface area contributed by atoms with E-state index in [0.29, 0.717) is 5.56 Å². The van der Waals surface area contributed by atoms with E-state index in [4.69, 9.17) is 5.11 Å². The minimum Gasteiger partial charge on any atom is -0.481 e. The van der Waals surface area contributed by atoms with Crippen LogP contribution in [-0.2, 0) is 4.79 Å². The van der Waals surface area contributed by atoms with Gasteiger partial charge in [-0.2, -0.15) is 0 Å². The quantitative estimate of drug-likeness (QED) is 0.851. The minimum atomic E-state index is -0.941. The van der Waals surface area contributed by atoms with Crippen LogP contribution in [-0.4, -0.2) is 11.1 Å². The van der Waals surface area contributed by atoms with Crippen LogP contribution in [0.5, 0.6) is 0 Å². The summed E-state index contributed by atoms with van der Waals surface area (Å²) in [6.45, 7) is 1.54. The second-order valence-corrected chi connectivity index (χ2v) is 3.89. The zero-order valence-electron chi connectivity index (χ0n) is 6.92. The summed E-state index contributed by atoms with van der Waals surface area (Å²) < 4.78 is 13.5. The highest BCUT2D eigenvalue weighted by Gasteiger charge is 2.16. The fraction of sp³-hybridized carbons (Fsp3) is 0.222. The van der Waals surface area contributed by atoms with Crippen molar-refractivity contribution in [2.24, 2.45) is 0 Å². The van der Waals surface area contributed by atoms with Gasteiger partial charge in [-0.05, 0) is 53.3 Å². The summed E-state index contributed by atoms with van der Waals surface area (Å²) in [6.07, 6.45) is 0. The third-order valence-corrected chi connectivity index (χ3v) is 2.78. The van der Waals surface area contributed by atoms with Crippen molar-refractivity contribution in [2.75, 3.05) is 0 Å². The molecule has 0 fully saturated rings. The lowest BCUT2D eigenvalue weighted by atomic mass is 10.0. The predicted molar refractivity (Wildman–Crippen MR) is 55.2 cm³/mol. The van der Waals surface area contributed by atoms with Crippen molar-refractivity contribution in [1.29, 1.82) is 0 Å². The molecule has 1 N–H and O–H groups in total.